The highest BCUT2D eigenvalue weighted by Gasteiger charge is 2.24. The summed E-state index contributed by atoms with van der Waals surface area (Å²) in [5.41, 5.74) is -0.186. The number of hydrogen-bond acceptors (Lipinski definition) is 5. The number of nitro benzene ring substituents is 1. The molecule has 0 saturated heterocycles. The van der Waals surface area contributed by atoms with E-state index in [9.17, 15) is 14.9 Å². The number of carbonyl (C=O) groups is 1. The molecule has 28 heavy (non-hydrogen) atoms. The Balaban J connectivity index is 0.00000729. The summed E-state index contributed by atoms with van der Waals surface area (Å²) in [6, 6.07) is 6.29. The van der Waals surface area contributed by atoms with E-state index in [0.29, 0.717) is 19.0 Å². The Kier molecular flexibility index (Phi) is 10.2. The molecule has 0 aromatic heterocycles. The van der Waals surface area contributed by atoms with E-state index in [1.54, 1.807) is 19.2 Å². The fraction of sp³-hybridized carbons (Fsp3) is 0.556. The van der Waals surface area contributed by atoms with Crippen LogP contribution in [0.3, 0.4) is 0 Å². The number of nitrogens with zero attached hydrogens (tertiary/aromatic N) is 2. The molecular formula is C18H30IN5O4. The molecular weight excluding hydrogens is 477 g/mol. The zero-order valence-corrected chi connectivity index (χ0v) is 19.5. The van der Waals surface area contributed by atoms with Gasteiger partial charge in [0.05, 0.1) is 10.5 Å². The molecule has 3 N–H and O–H groups in total. The number of benzene rings is 1. The van der Waals surface area contributed by atoms with Crippen LogP contribution in [0, 0.1) is 10.1 Å². The molecule has 0 radical (unpaired) electrons. The zero-order valence-electron chi connectivity index (χ0n) is 17.2. The molecule has 0 aliphatic heterocycles. The van der Waals surface area contributed by atoms with Gasteiger partial charge < -0.3 is 20.7 Å². The average molecular weight is 507 g/mol. The van der Waals surface area contributed by atoms with Crippen LogP contribution in [0.1, 0.15) is 40.2 Å². The van der Waals surface area contributed by atoms with Gasteiger partial charge in [0, 0.05) is 32.3 Å². The topological polar surface area (TPSA) is 118 Å². The largest absolute Gasteiger partial charge is 0.444 e. The van der Waals surface area contributed by atoms with Crippen molar-refractivity contribution >= 4 is 41.7 Å². The summed E-state index contributed by atoms with van der Waals surface area (Å²) in [5.74, 6) is 0.549. The molecule has 0 aliphatic rings. The van der Waals surface area contributed by atoms with E-state index in [1.165, 1.54) is 12.1 Å². The minimum Gasteiger partial charge on any atom is -0.444 e. The van der Waals surface area contributed by atoms with E-state index >= 15 is 0 Å². The fourth-order valence-electron chi connectivity index (χ4n) is 2.07. The van der Waals surface area contributed by atoms with E-state index in [4.69, 9.17) is 4.74 Å². The second-order valence-electron chi connectivity index (χ2n) is 7.71. The van der Waals surface area contributed by atoms with Crippen molar-refractivity contribution in [2.24, 2.45) is 4.99 Å². The lowest BCUT2D eigenvalue weighted by atomic mass is 10.1. The van der Waals surface area contributed by atoms with Crippen molar-refractivity contribution in [2.75, 3.05) is 13.6 Å². The van der Waals surface area contributed by atoms with Crippen LogP contribution in [-0.4, -0.2) is 41.7 Å². The molecule has 0 atom stereocenters. The smallest absolute Gasteiger partial charge is 0.408 e. The summed E-state index contributed by atoms with van der Waals surface area (Å²) in [6.45, 7) is 10.0. The van der Waals surface area contributed by atoms with Gasteiger partial charge in [0.2, 0.25) is 0 Å². The number of halogens is 1. The number of aliphatic imine (C=N–C) groups is 1. The third kappa shape index (κ3) is 10.3. The summed E-state index contributed by atoms with van der Waals surface area (Å²) in [5, 5.41) is 19.8. The van der Waals surface area contributed by atoms with Crippen molar-refractivity contribution in [1.82, 2.24) is 16.0 Å². The van der Waals surface area contributed by atoms with E-state index in [-0.39, 0.29) is 29.7 Å². The number of ether oxygens (including phenoxy) is 1. The first-order valence-corrected chi connectivity index (χ1v) is 8.61. The minimum absolute atomic E-state index is 0. The summed E-state index contributed by atoms with van der Waals surface area (Å²) in [6.07, 6.45) is -0.483. The van der Waals surface area contributed by atoms with Crippen LogP contribution in [0.4, 0.5) is 10.5 Å². The lowest BCUT2D eigenvalue weighted by Gasteiger charge is -2.29. The lowest BCUT2D eigenvalue weighted by Crippen LogP contribution is -2.54. The van der Waals surface area contributed by atoms with Gasteiger partial charge in [-0.3, -0.25) is 15.1 Å². The second kappa shape index (κ2) is 11.0. The van der Waals surface area contributed by atoms with E-state index in [0.717, 1.165) is 5.56 Å². The minimum atomic E-state index is -0.562. The molecule has 1 rings (SSSR count). The number of amides is 1. The van der Waals surface area contributed by atoms with Crippen LogP contribution in [0.5, 0.6) is 0 Å². The third-order valence-electron chi connectivity index (χ3n) is 3.37. The number of carbonyl (C=O) groups excluding carboxylic acids is 1. The van der Waals surface area contributed by atoms with Crippen molar-refractivity contribution in [3.8, 4) is 0 Å². The normalized spacial score (nSPS) is 11.9. The van der Waals surface area contributed by atoms with Crippen LogP contribution < -0.4 is 16.0 Å². The van der Waals surface area contributed by atoms with Gasteiger partial charge in [-0.1, -0.05) is 12.1 Å². The summed E-state index contributed by atoms with van der Waals surface area (Å²) in [7, 11) is 1.64. The number of nitrogens with one attached hydrogen (secondary N) is 3. The first-order valence-electron chi connectivity index (χ1n) is 8.61. The lowest BCUT2D eigenvalue weighted by molar-refractivity contribution is -0.384. The first-order chi connectivity index (χ1) is 12.4. The Bertz CT molecular complexity index is 684. The van der Waals surface area contributed by atoms with Crippen molar-refractivity contribution in [3.05, 3.63) is 39.9 Å². The van der Waals surface area contributed by atoms with Crippen molar-refractivity contribution in [1.29, 1.82) is 0 Å². The van der Waals surface area contributed by atoms with Gasteiger partial charge in [-0.25, -0.2) is 4.79 Å². The Morgan fingerprint density at radius 1 is 1.14 bits per heavy atom. The SMILES string of the molecule is CN=C(NCc1ccc([N+](=O)[O-])cc1)NCC(C)(C)NC(=O)OC(C)(C)C.I. The molecule has 0 heterocycles. The summed E-state index contributed by atoms with van der Waals surface area (Å²) >= 11 is 0. The number of nitro groups is 1. The van der Waals surface area contributed by atoms with Crippen LogP contribution in [0.15, 0.2) is 29.3 Å². The third-order valence-corrected chi connectivity index (χ3v) is 3.37. The van der Waals surface area contributed by atoms with E-state index < -0.39 is 22.2 Å². The van der Waals surface area contributed by atoms with Crippen LogP contribution in [-0.2, 0) is 11.3 Å². The quantitative estimate of drug-likeness (QED) is 0.179. The zero-order chi connectivity index (χ0) is 20.7. The highest BCUT2D eigenvalue weighted by Crippen LogP contribution is 2.12. The molecule has 1 aromatic carbocycles. The molecule has 9 nitrogen and oxygen atoms in total. The predicted octanol–water partition coefficient (Wildman–Crippen LogP) is 3.18. The number of guanidine groups is 1. The Labute approximate surface area is 182 Å². The maximum atomic E-state index is 11.9. The molecule has 1 aromatic rings. The molecule has 158 valence electrons. The molecule has 1 amide bonds. The molecule has 0 aliphatic carbocycles. The molecule has 0 unspecified atom stereocenters. The molecule has 0 fully saturated rings. The van der Waals surface area contributed by atoms with Gasteiger partial charge in [-0.15, -0.1) is 24.0 Å². The monoisotopic (exact) mass is 507 g/mol. The van der Waals surface area contributed by atoms with Crippen LogP contribution in [0.25, 0.3) is 0 Å². The Morgan fingerprint density at radius 2 is 1.71 bits per heavy atom. The maximum Gasteiger partial charge on any atom is 0.408 e. The molecule has 0 saturated carbocycles. The first kappa shape index (κ1) is 25.9. The summed E-state index contributed by atoms with van der Waals surface area (Å²) in [4.78, 5) is 26.3. The number of alkyl carbamates (subject to hydrolysis) is 1. The van der Waals surface area contributed by atoms with Gasteiger partial charge >= 0.3 is 6.09 Å². The fourth-order valence-corrected chi connectivity index (χ4v) is 2.07. The van der Waals surface area contributed by atoms with Crippen molar-refractivity contribution in [3.63, 3.8) is 0 Å². The molecule has 0 bridgehead atoms. The molecule has 0 spiro atoms. The van der Waals surface area contributed by atoms with E-state index in [1.807, 2.05) is 34.6 Å². The Morgan fingerprint density at radius 3 is 2.18 bits per heavy atom. The predicted molar refractivity (Wildman–Crippen MR) is 120 cm³/mol. The van der Waals surface area contributed by atoms with Crippen LogP contribution >= 0.6 is 24.0 Å². The number of hydrogen-bond donors (Lipinski definition) is 3. The number of rotatable bonds is 6. The van der Waals surface area contributed by atoms with Gasteiger partial charge in [0.25, 0.3) is 5.69 Å². The highest BCUT2D eigenvalue weighted by atomic mass is 127. The van der Waals surface area contributed by atoms with Gasteiger partial charge in [-0.05, 0) is 40.2 Å². The van der Waals surface area contributed by atoms with E-state index in [2.05, 4.69) is 20.9 Å². The average Bonchev–Trinajstić information content (AvgIpc) is 2.52. The standard InChI is InChI=1S/C18H29N5O4.HI/c1-17(2,3)27-16(24)22-18(4,5)12-21-15(19-6)20-11-13-7-9-14(10-8-13)23(25)26;/h7-10H,11-12H2,1-6H3,(H,22,24)(H2,19,20,21);1H. The van der Waals surface area contributed by atoms with Crippen molar-refractivity contribution in [2.45, 2.75) is 52.3 Å². The number of non-ortho nitro benzene ring substituents is 1. The second-order valence-corrected chi connectivity index (χ2v) is 7.71. The van der Waals surface area contributed by atoms with Gasteiger partial charge in [-0.2, -0.15) is 0 Å². The molecule has 10 heteroatoms. The highest BCUT2D eigenvalue weighted by molar-refractivity contribution is 14.0. The van der Waals surface area contributed by atoms with Gasteiger partial charge in [0.15, 0.2) is 5.96 Å². The van der Waals surface area contributed by atoms with Gasteiger partial charge in [0.1, 0.15) is 5.60 Å². The van der Waals surface area contributed by atoms with Crippen LogP contribution in [0.2, 0.25) is 0 Å². The maximum absolute atomic E-state index is 11.9. The summed E-state index contributed by atoms with van der Waals surface area (Å²) < 4.78 is 5.27. The Hall–Kier alpha value is -2.11. The van der Waals surface area contributed by atoms with Crippen molar-refractivity contribution < 1.29 is 14.5 Å².